The van der Waals surface area contributed by atoms with E-state index in [1.54, 1.807) is 16.8 Å². The Kier molecular flexibility index (Phi) is 4.37. The van der Waals surface area contributed by atoms with Crippen LogP contribution in [0.3, 0.4) is 0 Å². The highest BCUT2D eigenvalue weighted by atomic mass is 79.9. The quantitative estimate of drug-likeness (QED) is 0.938. The zero-order valence-electron chi connectivity index (χ0n) is 11.0. The minimum Gasteiger partial charge on any atom is -0.324 e. The summed E-state index contributed by atoms with van der Waals surface area (Å²) in [5.41, 5.74) is 9.33. The fourth-order valence-corrected chi connectivity index (χ4v) is 2.59. The smallest absolute Gasteiger partial charge is 0.137 e. The zero-order valence-corrected chi connectivity index (χ0v) is 12.6. The van der Waals surface area contributed by atoms with Crippen molar-refractivity contribution in [2.75, 3.05) is 0 Å². The van der Waals surface area contributed by atoms with Crippen LogP contribution in [0.1, 0.15) is 29.8 Å². The molecule has 0 saturated heterocycles. The fraction of sp³-hybridized carbons (Fsp3) is 0.357. The van der Waals surface area contributed by atoms with Gasteiger partial charge in [-0.15, -0.1) is 0 Å². The Hall–Kier alpha value is -1.20. The maximum absolute atomic E-state index is 13.2. The molecule has 5 heteroatoms. The van der Waals surface area contributed by atoms with E-state index in [0.29, 0.717) is 10.9 Å². The van der Waals surface area contributed by atoms with E-state index in [4.69, 9.17) is 5.73 Å². The summed E-state index contributed by atoms with van der Waals surface area (Å²) >= 11 is 3.19. The van der Waals surface area contributed by atoms with Crippen molar-refractivity contribution in [2.24, 2.45) is 12.8 Å². The summed E-state index contributed by atoms with van der Waals surface area (Å²) in [6.45, 7) is 2.06. The number of aryl methyl sites for hydroxylation is 2. The second-order valence-electron chi connectivity index (χ2n) is 4.62. The van der Waals surface area contributed by atoms with Crippen molar-refractivity contribution in [3.8, 4) is 0 Å². The van der Waals surface area contributed by atoms with E-state index in [1.165, 1.54) is 6.07 Å². The molecule has 1 aromatic heterocycles. The minimum absolute atomic E-state index is 0.124. The predicted octanol–water partition coefficient (Wildman–Crippen LogP) is 3.13. The molecule has 0 aliphatic carbocycles. The Bertz CT molecular complexity index is 580. The standard InChI is InChI=1S/C14H17BrFN3/c1-3-14-10(8-19(2)18-14)13(17)7-9-4-5-12(16)11(15)6-9/h4-6,8,13H,3,7,17H2,1-2H3. The lowest BCUT2D eigenvalue weighted by Gasteiger charge is -2.12. The van der Waals surface area contributed by atoms with Gasteiger partial charge in [-0.3, -0.25) is 4.68 Å². The van der Waals surface area contributed by atoms with Crippen LogP contribution in [0.15, 0.2) is 28.9 Å². The number of nitrogens with zero attached hydrogens (tertiary/aromatic N) is 2. The first-order chi connectivity index (χ1) is 9.01. The summed E-state index contributed by atoms with van der Waals surface area (Å²) in [6, 6.07) is 4.87. The average molecular weight is 326 g/mol. The van der Waals surface area contributed by atoms with Crippen molar-refractivity contribution < 1.29 is 4.39 Å². The Balaban J connectivity index is 2.20. The molecule has 3 nitrogen and oxygen atoms in total. The van der Waals surface area contributed by atoms with Gasteiger partial charge in [0.15, 0.2) is 0 Å². The van der Waals surface area contributed by atoms with Gasteiger partial charge in [-0.2, -0.15) is 5.10 Å². The summed E-state index contributed by atoms with van der Waals surface area (Å²) in [6.07, 6.45) is 3.48. The molecule has 0 radical (unpaired) electrons. The van der Waals surface area contributed by atoms with E-state index in [2.05, 4.69) is 28.0 Å². The summed E-state index contributed by atoms with van der Waals surface area (Å²) in [7, 11) is 1.89. The first-order valence-corrected chi connectivity index (χ1v) is 7.02. The number of hydrogen-bond donors (Lipinski definition) is 1. The van der Waals surface area contributed by atoms with Gasteiger partial charge in [-0.1, -0.05) is 13.0 Å². The van der Waals surface area contributed by atoms with Crippen molar-refractivity contribution in [2.45, 2.75) is 25.8 Å². The van der Waals surface area contributed by atoms with Gasteiger partial charge in [-0.05, 0) is 46.5 Å². The van der Waals surface area contributed by atoms with Crippen molar-refractivity contribution in [3.05, 3.63) is 51.5 Å². The highest BCUT2D eigenvalue weighted by Crippen LogP contribution is 2.23. The van der Waals surface area contributed by atoms with Gasteiger partial charge in [0.1, 0.15) is 5.82 Å². The first-order valence-electron chi connectivity index (χ1n) is 6.23. The predicted molar refractivity (Wildman–Crippen MR) is 77.3 cm³/mol. The Labute approximate surface area is 120 Å². The number of halogens is 2. The number of benzene rings is 1. The summed E-state index contributed by atoms with van der Waals surface area (Å²) in [5, 5.41) is 4.39. The highest BCUT2D eigenvalue weighted by Gasteiger charge is 2.15. The van der Waals surface area contributed by atoms with Crippen molar-refractivity contribution in [1.82, 2.24) is 9.78 Å². The van der Waals surface area contributed by atoms with Crippen LogP contribution in [0.4, 0.5) is 4.39 Å². The molecule has 1 aromatic carbocycles. The molecule has 0 aliphatic rings. The third kappa shape index (κ3) is 3.22. The van der Waals surface area contributed by atoms with Crippen LogP contribution >= 0.6 is 15.9 Å². The summed E-state index contributed by atoms with van der Waals surface area (Å²) in [5.74, 6) is -0.257. The Morgan fingerprint density at radius 3 is 2.84 bits per heavy atom. The van der Waals surface area contributed by atoms with Gasteiger partial charge in [0.2, 0.25) is 0 Å². The molecule has 0 saturated carbocycles. The van der Waals surface area contributed by atoms with Crippen LogP contribution in [-0.2, 0) is 19.9 Å². The lowest BCUT2D eigenvalue weighted by atomic mass is 9.99. The number of rotatable bonds is 4. The Morgan fingerprint density at radius 2 is 2.21 bits per heavy atom. The molecule has 1 heterocycles. The lowest BCUT2D eigenvalue weighted by molar-refractivity contribution is 0.618. The third-order valence-electron chi connectivity index (χ3n) is 3.11. The van der Waals surface area contributed by atoms with Crippen LogP contribution in [0, 0.1) is 5.82 Å². The second-order valence-corrected chi connectivity index (χ2v) is 5.47. The van der Waals surface area contributed by atoms with Gasteiger partial charge in [0, 0.05) is 24.8 Å². The molecule has 0 bridgehead atoms. The molecule has 2 aromatic rings. The monoisotopic (exact) mass is 325 g/mol. The van der Waals surface area contributed by atoms with Crippen LogP contribution in [0.2, 0.25) is 0 Å². The highest BCUT2D eigenvalue weighted by molar-refractivity contribution is 9.10. The van der Waals surface area contributed by atoms with Gasteiger partial charge in [0.25, 0.3) is 0 Å². The maximum atomic E-state index is 13.2. The molecule has 0 aliphatic heterocycles. The largest absolute Gasteiger partial charge is 0.324 e. The molecule has 2 N–H and O–H groups in total. The van der Waals surface area contributed by atoms with Gasteiger partial charge < -0.3 is 5.73 Å². The van der Waals surface area contributed by atoms with E-state index in [-0.39, 0.29) is 11.9 Å². The SMILES string of the molecule is CCc1nn(C)cc1C(N)Cc1ccc(F)c(Br)c1. The topological polar surface area (TPSA) is 43.8 Å². The number of nitrogens with two attached hydrogens (primary N) is 1. The van der Waals surface area contributed by atoms with Crippen LogP contribution in [0.25, 0.3) is 0 Å². The van der Waals surface area contributed by atoms with Gasteiger partial charge >= 0.3 is 0 Å². The van der Waals surface area contributed by atoms with Crippen LogP contribution < -0.4 is 5.73 Å². The third-order valence-corrected chi connectivity index (χ3v) is 3.72. The van der Waals surface area contributed by atoms with Gasteiger partial charge in [0.05, 0.1) is 10.2 Å². The molecule has 0 fully saturated rings. The van der Waals surface area contributed by atoms with Crippen LogP contribution in [0.5, 0.6) is 0 Å². The molecule has 0 spiro atoms. The number of hydrogen-bond acceptors (Lipinski definition) is 2. The molecule has 2 rings (SSSR count). The zero-order chi connectivity index (χ0) is 14.0. The number of aromatic nitrogens is 2. The molecule has 0 amide bonds. The fourth-order valence-electron chi connectivity index (χ4n) is 2.17. The lowest BCUT2D eigenvalue weighted by Crippen LogP contribution is -2.14. The van der Waals surface area contributed by atoms with Gasteiger partial charge in [-0.25, -0.2) is 4.39 Å². The van der Waals surface area contributed by atoms with Crippen LogP contribution in [-0.4, -0.2) is 9.78 Å². The molecular weight excluding hydrogens is 309 g/mol. The van der Waals surface area contributed by atoms with E-state index in [9.17, 15) is 4.39 Å². The molecule has 1 unspecified atom stereocenters. The summed E-state index contributed by atoms with van der Waals surface area (Å²) in [4.78, 5) is 0. The second kappa shape index (κ2) is 5.84. The maximum Gasteiger partial charge on any atom is 0.137 e. The summed E-state index contributed by atoms with van der Waals surface area (Å²) < 4.78 is 15.4. The van der Waals surface area contributed by atoms with E-state index < -0.39 is 0 Å². The normalized spacial score (nSPS) is 12.7. The van der Waals surface area contributed by atoms with E-state index in [1.807, 2.05) is 13.2 Å². The first kappa shape index (κ1) is 14.2. The van der Waals surface area contributed by atoms with Crippen molar-refractivity contribution >= 4 is 15.9 Å². The Morgan fingerprint density at radius 1 is 1.47 bits per heavy atom. The van der Waals surface area contributed by atoms with Crippen molar-refractivity contribution in [1.29, 1.82) is 0 Å². The molecule has 102 valence electrons. The molecule has 1 atom stereocenters. The molecular formula is C14H17BrFN3. The van der Waals surface area contributed by atoms with E-state index in [0.717, 1.165) is 23.2 Å². The average Bonchev–Trinajstić information content (AvgIpc) is 2.75. The minimum atomic E-state index is -0.257. The molecule has 19 heavy (non-hydrogen) atoms. The van der Waals surface area contributed by atoms with E-state index >= 15 is 0 Å². The van der Waals surface area contributed by atoms with Crippen molar-refractivity contribution in [3.63, 3.8) is 0 Å².